The van der Waals surface area contributed by atoms with Crippen LogP contribution in [0.5, 0.6) is 5.75 Å². The Hall–Kier alpha value is -1.02. The van der Waals surface area contributed by atoms with Crippen LogP contribution in [-0.2, 0) is 6.54 Å². The molecular weight excluding hydrogens is 198 g/mol. The van der Waals surface area contributed by atoms with Gasteiger partial charge in [0.05, 0.1) is 6.61 Å². The topological polar surface area (TPSA) is 21.3 Å². The molecule has 1 aromatic rings. The molecule has 0 spiro atoms. The highest BCUT2D eigenvalue weighted by Gasteiger charge is 2.06. The first kappa shape index (κ1) is 13.0. The zero-order chi connectivity index (χ0) is 11.8. The molecule has 0 saturated heterocycles. The lowest BCUT2D eigenvalue weighted by molar-refractivity contribution is 0.238. The second-order valence-electron chi connectivity index (χ2n) is 4.13. The van der Waals surface area contributed by atoms with E-state index in [0.29, 0.717) is 5.92 Å². The predicted octanol–water partition coefficient (Wildman–Crippen LogP) is 3.22. The van der Waals surface area contributed by atoms with Gasteiger partial charge in [0, 0.05) is 12.1 Å². The number of ether oxygens (including phenoxy) is 1. The average Bonchev–Trinajstić information content (AvgIpc) is 2.33. The lowest BCUT2D eigenvalue weighted by atomic mass is 10.1. The lowest BCUT2D eigenvalue weighted by Crippen LogP contribution is -2.12. The van der Waals surface area contributed by atoms with Gasteiger partial charge in [-0.15, -0.1) is 0 Å². The van der Waals surface area contributed by atoms with Gasteiger partial charge in [-0.1, -0.05) is 44.9 Å². The van der Waals surface area contributed by atoms with E-state index in [1.165, 1.54) is 18.4 Å². The molecule has 0 amide bonds. The van der Waals surface area contributed by atoms with Crippen LogP contribution in [0.3, 0.4) is 0 Å². The molecule has 16 heavy (non-hydrogen) atoms. The highest BCUT2D eigenvalue weighted by molar-refractivity contribution is 5.33. The molecule has 0 bridgehead atoms. The van der Waals surface area contributed by atoms with Crippen molar-refractivity contribution in [3.05, 3.63) is 29.8 Å². The van der Waals surface area contributed by atoms with Gasteiger partial charge in [-0.2, -0.15) is 0 Å². The van der Waals surface area contributed by atoms with E-state index in [0.717, 1.165) is 18.9 Å². The summed E-state index contributed by atoms with van der Waals surface area (Å²) in [6, 6.07) is 8.24. The molecule has 1 rings (SSSR count). The van der Waals surface area contributed by atoms with Gasteiger partial charge in [0.1, 0.15) is 5.75 Å². The lowest BCUT2D eigenvalue weighted by Gasteiger charge is -2.16. The first-order valence-corrected chi connectivity index (χ1v) is 6.17. The SMILES string of the molecule is CCC(CC)COc1ccccc1CNC. The van der Waals surface area contributed by atoms with Crippen LogP contribution < -0.4 is 10.1 Å². The third kappa shape index (κ3) is 3.86. The number of para-hydroxylation sites is 1. The molecule has 0 fully saturated rings. The van der Waals surface area contributed by atoms with Gasteiger partial charge in [0.25, 0.3) is 0 Å². The second kappa shape index (κ2) is 7.29. The molecule has 1 aromatic carbocycles. The minimum absolute atomic E-state index is 0.669. The van der Waals surface area contributed by atoms with E-state index in [4.69, 9.17) is 4.74 Å². The van der Waals surface area contributed by atoms with Crippen LogP contribution in [0.2, 0.25) is 0 Å². The fourth-order valence-electron chi connectivity index (χ4n) is 1.71. The highest BCUT2D eigenvalue weighted by Crippen LogP contribution is 2.19. The first-order valence-electron chi connectivity index (χ1n) is 6.17. The summed E-state index contributed by atoms with van der Waals surface area (Å²) in [6.07, 6.45) is 2.37. The van der Waals surface area contributed by atoms with Crippen molar-refractivity contribution < 1.29 is 4.74 Å². The molecule has 0 unspecified atom stereocenters. The summed E-state index contributed by atoms with van der Waals surface area (Å²) in [5, 5.41) is 3.16. The van der Waals surface area contributed by atoms with E-state index in [1.54, 1.807) is 0 Å². The Bertz CT molecular complexity index is 295. The van der Waals surface area contributed by atoms with Crippen molar-refractivity contribution in [1.29, 1.82) is 0 Å². The molecule has 0 heterocycles. The maximum atomic E-state index is 5.89. The van der Waals surface area contributed by atoms with Gasteiger partial charge in [-0.3, -0.25) is 0 Å². The molecule has 2 heteroatoms. The summed E-state index contributed by atoms with van der Waals surface area (Å²) in [6.45, 7) is 6.13. The molecule has 2 nitrogen and oxygen atoms in total. The van der Waals surface area contributed by atoms with Crippen LogP contribution in [0.1, 0.15) is 32.3 Å². The summed E-state index contributed by atoms with van der Waals surface area (Å²) in [5.74, 6) is 1.69. The maximum Gasteiger partial charge on any atom is 0.123 e. The maximum absolute atomic E-state index is 5.89. The highest BCUT2D eigenvalue weighted by atomic mass is 16.5. The third-order valence-corrected chi connectivity index (χ3v) is 2.97. The van der Waals surface area contributed by atoms with Gasteiger partial charge in [-0.05, 0) is 19.0 Å². The van der Waals surface area contributed by atoms with Crippen LogP contribution in [-0.4, -0.2) is 13.7 Å². The number of hydrogen-bond acceptors (Lipinski definition) is 2. The van der Waals surface area contributed by atoms with Crippen LogP contribution in [0.15, 0.2) is 24.3 Å². The van der Waals surface area contributed by atoms with Gasteiger partial charge in [-0.25, -0.2) is 0 Å². The molecule has 0 radical (unpaired) electrons. The molecule has 0 aliphatic rings. The summed E-state index contributed by atoms with van der Waals surface area (Å²) in [4.78, 5) is 0. The van der Waals surface area contributed by atoms with Crippen LogP contribution in [0.4, 0.5) is 0 Å². The first-order chi connectivity index (χ1) is 7.81. The largest absolute Gasteiger partial charge is 0.493 e. The Morgan fingerprint density at radius 1 is 1.19 bits per heavy atom. The van der Waals surface area contributed by atoms with Crippen molar-refractivity contribution in [2.75, 3.05) is 13.7 Å². The Morgan fingerprint density at radius 2 is 1.88 bits per heavy atom. The summed E-state index contributed by atoms with van der Waals surface area (Å²) in [5.41, 5.74) is 1.23. The van der Waals surface area contributed by atoms with Gasteiger partial charge >= 0.3 is 0 Å². The zero-order valence-corrected chi connectivity index (χ0v) is 10.6. The monoisotopic (exact) mass is 221 g/mol. The van der Waals surface area contributed by atoms with E-state index < -0.39 is 0 Å². The standard InChI is InChI=1S/C14H23NO/c1-4-12(5-2)11-16-14-9-7-6-8-13(14)10-15-3/h6-9,12,15H,4-5,10-11H2,1-3H3. The van der Waals surface area contributed by atoms with Crippen LogP contribution in [0, 0.1) is 5.92 Å². The van der Waals surface area contributed by atoms with Gasteiger partial charge < -0.3 is 10.1 Å². The molecular formula is C14H23NO. The zero-order valence-electron chi connectivity index (χ0n) is 10.6. The molecule has 0 aliphatic carbocycles. The Labute approximate surface area is 99.0 Å². The Balaban J connectivity index is 2.58. The van der Waals surface area contributed by atoms with E-state index in [2.05, 4.69) is 37.4 Å². The van der Waals surface area contributed by atoms with Crippen LogP contribution >= 0.6 is 0 Å². The molecule has 0 atom stereocenters. The Morgan fingerprint density at radius 3 is 2.50 bits per heavy atom. The molecule has 0 aromatic heterocycles. The van der Waals surface area contributed by atoms with E-state index in [9.17, 15) is 0 Å². The minimum Gasteiger partial charge on any atom is -0.493 e. The van der Waals surface area contributed by atoms with Gasteiger partial charge in [0.2, 0.25) is 0 Å². The van der Waals surface area contributed by atoms with Crippen molar-refractivity contribution in [2.24, 2.45) is 5.92 Å². The third-order valence-electron chi connectivity index (χ3n) is 2.97. The molecule has 0 aliphatic heterocycles. The number of rotatable bonds is 7. The predicted molar refractivity (Wildman–Crippen MR) is 68.8 cm³/mol. The molecule has 0 saturated carbocycles. The van der Waals surface area contributed by atoms with Crippen molar-refractivity contribution in [3.63, 3.8) is 0 Å². The van der Waals surface area contributed by atoms with Crippen molar-refractivity contribution in [3.8, 4) is 5.75 Å². The smallest absolute Gasteiger partial charge is 0.123 e. The van der Waals surface area contributed by atoms with Crippen molar-refractivity contribution in [1.82, 2.24) is 5.32 Å². The number of hydrogen-bond donors (Lipinski definition) is 1. The normalized spacial score (nSPS) is 10.8. The number of nitrogens with one attached hydrogen (secondary N) is 1. The summed E-state index contributed by atoms with van der Waals surface area (Å²) in [7, 11) is 1.96. The second-order valence-corrected chi connectivity index (χ2v) is 4.13. The summed E-state index contributed by atoms with van der Waals surface area (Å²) >= 11 is 0. The van der Waals surface area contributed by atoms with Gasteiger partial charge in [0.15, 0.2) is 0 Å². The average molecular weight is 221 g/mol. The van der Waals surface area contributed by atoms with Crippen molar-refractivity contribution in [2.45, 2.75) is 33.2 Å². The number of benzene rings is 1. The van der Waals surface area contributed by atoms with E-state index in [-0.39, 0.29) is 0 Å². The minimum atomic E-state index is 0.669. The fourth-order valence-corrected chi connectivity index (χ4v) is 1.71. The van der Waals surface area contributed by atoms with E-state index >= 15 is 0 Å². The van der Waals surface area contributed by atoms with Crippen molar-refractivity contribution >= 4 is 0 Å². The Kier molecular flexibility index (Phi) is 5.94. The fraction of sp³-hybridized carbons (Fsp3) is 0.571. The molecule has 90 valence electrons. The van der Waals surface area contributed by atoms with E-state index in [1.807, 2.05) is 13.1 Å². The quantitative estimate of drug-likeness (QED) is 0.763. The summed E-state index contributed by atoms with van der Waals surface area (Å²) < 4.78 is 5.89. The van der Waals surface area contributed by atoms with Crippen LogP contribution in [0.25, 0.3) is 0 Å². The molecule has 1 N–H and O–H groups in total.